The van der Waals surface area contributed by atoms with Crippen molar-refractivity contribution in [3.8, 4) is 0 Å². The van der Waals surface area contributed by atoms with Crippen LogP contribution in [0.25, 0.3) is 0 Å². The second kappa shape index (κ2) is 7.53. The molecule has 2 aromatic heterocycles. The number of nitrogens with zero attached hydrogens (tertiary/aromatic N) is 3. The van der Waals surface area contributed by atoms with Crippen LogP contribution in [0.5, 0.6) is 0 Å². The Morgan fingerprint density at radius 1 is 1.46 bits per heavy atom. The summed E-state index contributed by atoms with van der Waals surface area (Å²) in [6.07, 6.45) is 4.46. The highest BCUT2D eigenvalue weighted by molar-refractivity contribution is 5.96. The molecule has 7 nitrogen and oxygen atoms in total. The summed E-state index contributed by atoms with van der Waals surface area (Å²) >= 11 is 0. The molecular formula is C17H22N4O3. The summed E-state index contributed by atoms with van der Waals surface area (Å²) in [5.41, 5.74) is 1.98. The van der Waals surface area contributed by atoms with E-state index in [0.717, 1.165) is 31.0 Å². The molecule has 0 aromatic carbocycles. The van der Waals surface area contributed by atoms with Crippen LogP contribution in [0.2, 0.25) is 0 Å². The van der Waals surface area contributed by atoms with E-state index in [4.69, 9.17) is 9.26 Å². The van der Waals surface area contributed by atoms with Gasteiger partial charge in [0.25, 0.3) is 5.91 Å². The zero-order chi connectivity index (χ0) is 16.9. The summed E-state index contributed by atoms with van der Waals surface area (Å²) < 4.78 is 10.6. The van der Waals surface area contributed by atoms with E-state index >= 15 is 0 Å². The van der Waals surface area contributed by atoms with Crippen molar-refractivity contribution in [3.05, 3.63) is 40.8 Å². The van der Waals surface area contributed by atoms with Gasteiger partial charge in [-0.15, -0.1) is 0 Å². The molecule has 1 aliphatic rings. The fourth-order valence-electron chi connectivity index (χ4n) is 2.86. The van der Waals surface area contributed by atoms with Crippen LogP contribution in [-0.2, 0) is 17.7 Å². The Labute approximate surface area is 140 Å². The summed E-state index contributed by atoms with van der Waals surface area (Å²) in [6, 6.07) is 1.81. The second-order valence-corrected chi connectivity index (χ2v) is 5.92. The number of aromatic nitrogens is 3. The quantitative estimate of drug-likeness (QED) is 0.903. The van der Waals surface area contributed by atoms with Gasteiger partial charge in [-0.1, -0.05) is 12.1 Å². The molecule has 3 rings (SSSR count). The molecule has 2 aromatic rings. The Morgan fingerprint density at radius 2 is 2.33 bits per heavy atom. The normalized spacial score (nSPS) is 17.7. The van der Waals surface area contributed by atoms with Crippen LogP contribution in [0.4, 0.5) is 0 Å². The van der Waals surface area contributed by atoms with E-state index in [0.29, 0.717) is 36.6 Å². The third-order valence-electron chi connectivity index (χ3n) is 4.18. The Hall–Kier alpha value is -2.28. The predicted molar refractivity (Wildman–Crippen MR) is 86.6 cm³/mol. The lowest BCUT2D eigenvalue weighted by Gasteiger charge is -2.20. The number of amides is 1. The molecule has 24 heavy (non-hydrogen) atoms. The van der Waals surface area contributed by atoms with E-state index in [-0.39, 0.29) is 11.8 Å². The van der Waals surface area contributed by atoms with Crippen LogP contribution < -0.4 is 5.32 Å². The average molecular weight is 330 g/mol. The molecule has 3 heterocycles. The molecule has 0 unspecified atom stereocenters. The largest absolute Gasteiger partial charge is 0.381 e. The lowest BCUT2D eigenvalue weighted by atomic mass is 10.0. The van der Waals surface area contributed by atoms with Gasteiger partial charge in [-0.25, -0.2) is 9.97 Å². The summed E-state index contributed by atoms with van der Waals surface area (Å²) in [6.45, 7) is 5.50. The predicted octanol–water partition coefficient (Wildman–Crippen LogP) is 2.16. The molecule has 0 bridgehead atoms. The van der Waals surface area contributed by atoms with E-state index in [1.807, 2.05) is 13.0 Å². The highest BCUT2D eigenvalue weighted by Crippen LogP contribution is 2.22. The number of hydrogen-bond acceptors (Lipinski definition) is 6. The zero-order valence-corrected chi connectivity index (χ0v) is 14.0. The van der Waals surface area contributed by atoms with Gasteiger partial charge in [0.2, 0.25) is 0 Å². The van der Waals surface area contributed by atoms with Crippen molar-refractivity contribution in [2.75, 3.05) is 13.2 Å². The topological polar surface area (TPSA) is 90.1 Å². The van der Waals surface area contributed by atoms with Gasteiger partial charge >= 0.3 is 0 Å². The molecular weight excluding hydrogens is 308 g/mol. The first-order chi connectivity index (χ1) is 11.7. The van der Waals surface area contributed by atoms with Crippen LogP contribution in [0.15, 0.2) is 16.8 Å². The van der Waals surface area contributed by atoms with Gasteiger partial charge < -0.3 is 14.6 Å². The molecule has 0 spiro atoms. The van der Waals surface area contributed by atoms with E-state index in [2.05, 4.69) is 20.4 Å². The third kappa shape index (κ3) is 3.62. The van der Waals surface area contributed by atoms with Crippen molar-refractivity contribution in [3.63, 3.8) is 0 Å². The maximum absolute atomic E-state index is 12.4. The van der Waals surface area contributed by atoms with E-state index in [1.54, 1.807) is 13.1 Å². The molecule has 7 heteroatoms. The highest BCUT2D eigenvalue weighted by Gasteiger charge is 2.20. The first kappa shape index (κ1) is 16.6. The van der Waals surface area contributed by atoms with Crippen LogP contribution in [0.3, 0.4) is 0 Å². The number of hydrogen-bond donors (Lipinski definition) is 1. The molecule has 1 aliphatic heterocycles. The number of nitrogens with one attached hydrogen (secondary N) is 1. The first-order valence-corrected chi connectivity index (χ1v) is 8.32. The number of aryl methyl sites for hydroxylation is 2. The summed E-state index contributed by atoms with van der Waals surface area (Å²) in [5.74, 6) is 1.37. The number of rotatable bonds is 5. The maximum Gasteiger partial charge on any atom is 0.257 e. The van der Waals surface area contributed by atoms with Crippen molar-refractivity contribution in [2.24, 2.45) is 0 Å². The maximum atomic E-state index is 12.4. The molecule has 1 N–H and O–H groups in total. The Balaban J connectivity index is 1.66. The third-order valence-corrected chi connectivity index (χ3v) is 4.18. The Kier molecular flexibility index (Phi) is 5.20. The fraction of sp³-hybridized carbons (Fsp3) is 0.529. The molecule has 1 amide bonds. The number of ether oxygens (including phenoxy) is 1. The molecule has 0 aliphatic carbocycles. The Morgan fingerprint density at radius 3 is 3.08 bits per heavy atom. The van der Waals surface area contributed by atoms with Gasteiger partial charge in [0.05, 0.1) is 24.5 Å². The van der Waals surface area contributed by atoms with Crippen LogP contribution in [-0.4, -0.2) is 34.2 Å². The molecule has 1 atom stereocenters. The minimum absolute atomic E-state index is 0.188. The summed E-state index contributed by atoms with van der Waals surface area (Å²) in [4.78, 5) is 21.3. The summed E-state index contributed by atoms with van der Waals surface area (Å²) in [5, 5.41) is 6.80. The molecule has 0 saturated carbocycles. The molecule has 0 radical (unpaired) electrons. The molecule has 1 fully saturated rings. The van der Waals surface area contributed by atoms with E-state index in [9.17, 15) is 4.79 Å². The number of carbonyl (C=O) groups excluding carboxylic acids is 1. The first-order valence-electron chi connectivity index (χ1n) is 8.32. The van der Waals surface area contributed by atoms with Crippen molar-refractivity contribution >= 4 is 5.91 Å². The smallest absolute Gasteiger partial charge is 0.257 e. The lowest BCUT2D eigenvalue weighted by molar-refractivity contribution is 0.0779. The second-order valence-electron chi connectivity index (χ2n) is 5.92. The SMILES string of the molecule is CCc1noc(C)c1C(=O)NCc1ccnc([C@@H]2CCCOC2)n1. The molecule has 1 saturated heterocycles. The van der Waals surface area contributed by atoms with Gasteiger partial charge in [0, 0.05) is 18.7 Å². The van der Waals surface area contributed by atoms with Crippen molar-refractivity contribution in [2.45, 2.75) is 45.6 Å². The van der Waals surface area contributed by atoms with Gasteiger partial charge in [-0.05, 0) is 32.3 Å². The van der Waals surface area contributed by atoms with Gasteiger partial charge in [-0.2, -0.15) is 0 Å². The van der Waals surface area contributed by atoms with E-state index < -0.39 is 0 Å². The summed E-state index contributed by atoms with van der Waals surface area (Å²) in [7, 11) is 0. The standard InChI is InChI=1S/C17H22N4O3/c1-3-14-15(11(2)24-21-14)17(22)19-9-13-6-7-18-16(20-13)12-5-4-8-23-10-12/h6-7,12H,3-5,8-10H2,1-2H3,(H,19,22)/t12-/m1/s1. The van der Waals surface area contributed by atoms with Crippen molar-refractivity contribution in [1.82, 2.24) is 20.4 Å². The molecule has 128 valence electrons. The number of carbonyl (C=O) groups is 1. The minimum atomic E-state index is -0.188. The van der Waals surface area contributed by atoms with Gasteiger partial charge in [-0.3, -0.25) is 4.79 Å². The lowest BCUT2D eigenvalue weighted by Crippen LogP contribution is -2.25. The monoisotopic (exact) mass is 330 g/mol. The average Bonchev–Trinajstić information content (AvgIpc) is 3.01. The van der Waals surface area contributed by atoms with Crippen LogP contribution in [0.1, 0.15) is 59.0 Å². The van der Waals surface area contributed by atoms with Crippen LogP contribution in [0, 0.1) is 6.92 Å². The van der Waals surface area contributed by atoms with Crippen LogP contribution >= 0.6 is 0 Å². The van der Waals surface area contributed by atoms with Gasteiger partial charge in [0.15, 0.2) is 0 Å². The highest BCUT2D eigenvalue weighted by atomic mass is 16.5. The fourth-order valence-corrected chi connectivity index (χ4v) is 2.86. The van der Waals surface area contributed by atoms with Crippen molar-refractivity contribution < 1.29 is 14.1 Å². The Bertz CT molecular complexity index is 708. The van der Waals surface area contributed by atoms with E-state index in [1.165, 1.54) is 0 Å². The minimum Gasteiger partial charge on any atom is -0.381 e. The van der Waals surface area contributed by atoms with Crippen molar-refractivity contribution in [1.29, 1.82) is 0 Å². The zero-order valence-electron chi connectivity index (χ0n) is 14.0. The van der Waals surface area contributed by atoms with Gasteiger partial charge in [0.1, 0.15) is 17.1 Å².